The summed E-state index contributed by atoms with van der Waals surface area (Å²) in [5.74, 6) is -2.47. The predicted octanol–water partition coefficient (Wildman–Crippen LogP) is 1.49. The fraction of sp³-hybridized carbons (Fsp3) is 0.200. The number of carbonyl (C=O) groups is 5. The molecule has 0 aliphatic rings. The van der Waals surface area contributed by atoms with Crippen LogP contribution in [0.4, 0.5) is 22.7 Å². The van der Waals surface area contributed by atoms with Crippen molar-refractivity contribution in [1.82, 2.24) is 23.6 Å². The summed E-state index contributed by atoms with van der Waals surface area (Å²) in [5, 5.41) is 13.3. The third-order valence-corrected chi connectivity index (χ3v) is 7.09. The standard InChI is InChI=1S/C30H35ClN12O5/c1-16(31)25(44)36-17-9-22(41(3)12-17)27(46)38-19-11-24(43(5)14-19)29(48)39-20-10-23(42(4)15-20)28(47)37-18-8-21(40(2)13-18)26(45)34-6-7-35-30(32)33/h8-15H,1,6-7H2,2-5H3,(H,34,45)(H,36,44)(H,37,47)(H,38,46)(H,39,48)(H4,32,33,35). The normalized spacial score (nSPS) is 10.6. The third-order valence-electron chi connectivity index (χ3n) is 6.92. The number of nitrogens with zero attached hydrogens (tertiary/aromatic N) is 5. The lowest BCUT2D eigenvalue weighted by atomic mass is 10.3. The van der Waals surface area contributed by atoms with E-state index in [1.54, 1.807) is 62.1 Å². The molecule has 4 rings (SSSR count). The van der Waals surface area contributed by atoms with E-state index in [-0.39, 0.29) is 47.1 Å². The van der Waals surface area contributed by atoms with E-state index in [4.69, 9.17) is 23.1 Å². The molecule has 4 aromatic heterocycles. The highest BCUT2D eigenvalue weighted by molar-refractivity contribution is 6.43. The number of aromatic nitrogens is 4. The number of rotatable bonds is 12. The molecular weight excluding hydrogens is 644 g/mol. The summed E-state index contributed by atoms with van der Waals surface area (Å²) in [5.41, 5.74) is 13.0. The molecule has 0 radical (unpaired) electrons. The van der Waals surface area contributed by atoms with Crippen molar-refractivity contribution in [1.29, 1.82) is 0 Å². The molecule has 252 valence electrons. The summed E-state index contributed by atoms with van der Waals surface area (Å²) < 4.78 is 6.17. The smallest absolute Gasteiger partial charge is 0.272 e. The molecule has 0 bridgehead atoms. The van der Waals surface area contributed by atoms with Crippen LogP contribution in [0.5, 0.6) is 0 Å². The molecule has 5 amide bonds. The average molecular weight is 679 g/mol. The average Bonchev–Trinajstić information content (AvgIpc) is 3.76. The molecule has 0 saturated heterocycles. The first kappa shape index (κ1) is 34.6. The molecule has 18 heteroatoms. The van der Waals surface area contributed by atoms with Crippen LogP contribution >= 0.6 is 11.6 Å². The molecule has 17 nitrogen and oxygen atoms in total. The Morgan fingerprint density at radius 2 is 0.979 bits per heavy atom. The predicted molar refractivity (Wildman–Crippen MR) is 182 cm³/mol. The lowest BCUT2D eigenvalue weighted by molar-refractivity contribution is -0.112. The summed E-state index contributed by atoms with van der Waals surface area (Å²) in [7, 11) is 6.59. The number of aryl methyl sites for hydroxylation is 4. The van der Waals surface area contributed by atoms with Crippen LogP contribution in [0.25, 0.3) is 0 Å². The molecule has 9 N–H and O–H groups in total. The number of nitrogens with one attached hydrogen (secondary N) is 5. The van der Waals surface area contributed by atoms with E-state index in [1.807, 2.05) is 0 Å². The van der Waals surface area contributed by atoms with Gasteiger partial charge in [0.1, 0.15) is 22.8 Å². The molecule has 0 aromatic carbocycles. The second-order valence-electron chi connectivity index (χ2n) is 10.7. The summed E-state index contributed by atoms with van der Waals surface area (Å²) in [6, 6.07) is 6.00. The van der Waals surface area contributed by atoms with Gasteiger partial charge in [-0.25, -0.2) is 0 Å². The highest BCUT2D eigenvalue weighted by atomic mass is 35.5. The molecule has 0 spiro atoms. The molecule has 0 unspecified atom stereocenters. The first-order valence-corrected chi connectivity index (χ1v) is 14.6. The van der Waals surface area contributed by atoms with Gasteiger partial charge in [0, 0.05) is 59.5 Å². The van der Waals surface area contributed by atoms with Crippen molar-refractivity contribution in [3.05, 3.63) is 83.4 Å². The van der Waals surface area contributed by atoms with Gasteiger partial charge >= 0.3 is 0 Å². The van der Waals surface area contributed by atoms with Crippen molar-refractivity contribution in [2.45, 2.75) is 0 Å². The number of hydrogen-bond acceptors (Lipinski definition) is 6. The van der Waals surface area contributed by atoms with Crippen molar-refractivity contribution in [2.24, 2.45) is 44.7 Å². The fourth-order valence-corrected chi connectivity index (χ4v) is 4.71. The molecule has 0 saturated carbocycles. The van der Waals surface area contributed by atoms with Crippen LogP contribution in [0.2, 0.25) is 0 Å². The van der Waals surface area contributed by atoms with E-state index in [9.17, 15) is 24.0 Å². The Balaban J connectivity index is 1.37. The highest BCUT2D eigenvalue weighted by Gasteiger charge is 2.20. The Labute approximate surface area is 279 Å². The van der Waals surface area contributed by atoms with Crippen molar-refractivity contribution in [2.75, 3.05) is 34.4 Å². The van der Waals surface area contributed by atoms with E-state index in [2.05, 4.69) is 38.2 Å². The lowest BCUT2D eigenvalue weighted by Crippen LogP contribution is -2.29. The number of hydrogen-bond donors (Lipinski definition) is 7. The Bertz CT molecular complexity index is 1960. The summed E-state index contributed by atoms with van der Waals surface area (Å²) >= 11 is 5.61. The van der Waals surface area contributed by atoms with Crippen LogP contribution in [0, 0.1) is 0 Å². The lowest BCUT2D eigenvalue weighted by Gasteiger charge is -2.04. The fourth-order valence-electron chi connectivity index (χ4n) is 4.66. The molecule has 0 aliphatic heterocycles. The molecule has 0 atom stereocenters. The van der Waals surface area contributed by atoms with Gasteiger partial charge in [-0.1, -0.05) is 18.2 Å². The van der Waals surface area contributed by atoms with Crippen molar-refractivity contribution in [3.8, 4) is 0 Å². The quantitative estimate of drug-likeness (QED) is 0.0505. The Hall–Kier alpha value is -6.23. The number of amides is 5. The molecule has 4 heterocycles. The Kier molecular flexibility index (Phi) is 10.4. The van der Waals surface area contributed by atoms with E-state index < -0.39 is 23.6 Å². The van der Waals surface area contributed by atoms with Crippen LogP contribution in [-0.2, 0) is 33.0 Å². The molecule has 48 heavy (non-hydrogen) atoms. The summed E-state index contributed by atoms with van der Waals surface area (Å²) in [4.78, 5) is 67.3. The van der Waals surface area contributed by atoms with E-state index in [0.717, 1.165) is 0 Å². The van der Waals surface area contributed by atoms with Crippen LogP contribution in [-0.4, -0.2) is 66.9 Å². The zero-order valence-electron chi connectivity index (χ0n) is 26.6. The number of anilines is 4. The number of halogens is 1. The second kappa shape index (κ2) is 14.5. The monoisotopic (exact) mass is 678 g/mol. The van der Waals surface area contributed by atoms with Gasteiger partial charge in [-0.2, -0.15) is 0 Å². The van der Waals surface area contributed by atoms with Crippen molar-refractivity contribution >= 4 is 69.8 Å². The Morgan fingerprint density at radius 1 is 0.646 bits per heavy atom. The van der Waals surface area contributed by atoms with Gasteiger partial charge in [-0.3, -0.25) is 29.0 Å². The molecule has 0 fully saturated rings. The van der Waals surface area contributed by atoms with Gasteiger partial charge in [0.05, 0.1) is 34.3 Å². The number of guanidine groups is 1. The zero-order valence-corrected chi connectivity index (χ0v) is 27.3. The topological polar surface area (TPSA) is 230 Å². The molecule has 0 aliphatic carbocycles. The molecule has 4 aromatic rings. The summed E-state index contributed by atoms with van der Waals surface area (Å²) in [6.45, 7) is 3.81. The van der Waals surface area contributed by atoms with Crippen molar-refractivity contribution in [3.63, 3.8) is 0 Å². The van der Waals surface area contributed by atoms with E-state index >= 15 is 0 Å². The van der Waals surface area contributed by atoms with Gasteiger partial charge in [0.25, 0.3) is 29.5 Å². The number of carbonyl (C=O) groups excluding carboxylic acids is 5. The number of nitrogens with two attached hydrogens (primary N) is 2. The maximum Gasteiger partial charge on any atom is 0.272 e. The van der Waals surface area contributed by atoms with Gasteiger partial charge in [-0.15, -0.1) is 0 Å². The van der Waals surface area contributed by atoms with E-state index in [0.29, 0.717) is 28.4 Å². The van der Waals surface area contributed by atoms with Crippen LogP contribution in [0.3, 0.4) is 0 Å². The zero-order chi connectivity index (χ0) is 35.3. The van der Waals surface area contributed by atoms with Gasteiger partial charge in [0.15, 0.2) is 5.96 Å². The highest BCUT2D eigenvalue weighted by Crippen LogP contribution is 2.21. The van der Waals surface area contributed by atoms with E-state index in [1.165, 1.54) is 33.4 Å². The maximum atomic E-state index is 13.2. The SMILES string of the molecule is C=C(Cl)C(=O)Nc1cc(C(=O)Nc2cc(C(=O)Nc3cc(C(=O)Nc4cc(C(=O)NCCN=C(N)N)n(C)c4)n(C)c3)n(C)c2)n(C)c1. The Morgan fingerprint density at radius 3 is 1.31 bits per heavy atom. The maximum absolute atomic E-state index is 13.2. The van der Waals surface area contributed by atoms with Crippen LogP contribution in [0.1, 0.15) is 42.0 Å². The minimum atomic E-state index is -0.594. The van der Waals surface area contributed by atoms with Gasteiger partial charge < -0.3 is 56.3 Å². The minimum Gasteiger partial charge on any atom is -0.370 e. The van der Waals surface area contributed by atoms with Gasteiger partial charge in [0.2, 0.25) is 0 Å². The van der Waals surface area contributed by atoms with Crippen LogP contribution < -0.4 is 38.1 Å². The van der Waals surface area contributed by atoms with Crippen LogP contribution in [0.15, 0.2) is 65.7 Å². The second-order valence-corrected chi connectivity index (χ2v) is 11.1. The van der Waals surface area contributed by atoms with Crippen molar-refractivity contribution < 1.29 is 24.0 Å². The first-order valence-electron chi connectivity index (χ1n) is 14.2. The minimum absolute atomic E-state index is 0.0730. The molecular formula is C30H35ClN12O5. The van der Waals surface area contributed by atoms with Gasteiger partial charge in [-0.05, 0) is 24.3 Å². The first-order chi connectivity index (χ1) is 22.6. The third kappa shape index (κ3) is 8.32. The summed E-state index contributed by atoms with van der Waals surface area (Å²) in [6.07, 6.45) is 6.28. The number of aliphatic imine (C=N–C) groups is 1. The largest absolute Gasteiger partial charge is 0.370 e.